The second-order valence-corrected chi connectivity index (χ2v) is 5.24. The number of hydrogen-bond acceptors (Lipinski definition) is 0. The lowest BCUT2D eigenvalue weighted by Gasteiger charge is -2.12. The zero-order valence-electron chi connectivity index (χ0n) is 7.57. The van der Waals surface area contributed by atoms with Crippen LogP contribution >= 0.6 is 43.5 Å². The van der Waals surface area contributed by atoms with Crippen LogP contribution in [-0.4, -0.2) is 0 Å². The van der Waals surface area contributed by atoms with Gasteiger partial charge in [-0.05, 0) is 29.2 Å². The third kappa shape index (κ3) is 2.71. The van der Waals surface area contributed by atoms with Crippen LogP contribution in [-0.2, 0) is 5.88 Å². The molecule has 0 spiro atoms. The van der Waals surface area contributed by atoms with Crippen molar-refractivity contribution in [3.8, 4) is 0 Å². The number of rotatable bonds is 2. The molecule has 72 valence electrons. The van der Waals surface area contributed by atoms with Crippen LogP contribution in [0, 0.1) is 0 Å². The average Bonchev–Trinajstić information content (AvgIpc) is 2.02. The van der Waals surface area contributed by atoms with Crippen LogP contribution in [0.5, 0.6) is 0 Å². The maximum atomic E-state index is 5.76. The molecule has 13 heavy (non-hydrogen) atoms. The number of hydrogen-bond donors (Lipinski definition) is 0. The highest BCUT2D eigenvalue weighted by molar-refractivity contribution is 9.11. The topological polar surface area (TPSA) is 0 Å². The van der Waals surface area contributed by atoms with Crippen LogP contribution in [0.15, 0.2) is 21.1 Å². The monoisotopic (exact) mass is 324 g/mol. The van der Waals surface area contributed by atoms with Crippen LogP contribution < -0.4 is 0 Å². The second-order valence-electron chi connectivity index (χ2n) is 3.26. The fourth-order valence-electron chi connectivity index (χ4n) is 1.27. The van der Waals surface area contributed by atoms with Gasteiger partial charge in [-0.3, -0.25) is 0 Å². The van der Waals surface area contributed by atoms with E-state index in [1.54, 1.807) is 0 Å². The minimum absolute atomic E-state index is 0.508. The van der Waals surface area contributed by atoms with E-state index in [0.717, 1.165) is 14.5 Å². The number of halogens is 3. The summed E-state index contributed by atoms with van der Waals surface area (Å²) in [4.78, 5) is 0. The molecule has 0 nitrogen and oxygen atoms in total. The van der Waals surface area contributed by atoms with Gasteiger partial charge in [-0.2, -0.15) is 0 Å². The van der Waals surface area contributed by atoms with Gasteiger partial charge in [-0.25, -0.2) is 0 Å². The minimum atomic E-state index is 0.508. The first-order chi connectivity index (χ1) is 6.06. The third-order valence-corrected chi connectivity index (χ3v) is 3.49. The summed E-state index contributed by atoms with van der Waals surface area (Å²) in [7, 11) is 0. The van der Waals surface area contributed by atoms with Gasteiger partial charge in [0.1, 0.15) is 0 Å². The van der Waals surface area contributed by atoms with Gasteiger partial charge in [0.2, 0.25) is 0 Å². The first kappa shape index (κ1) is 11.5. The Morgan fingerprint density at radius 3 is 2.00 bits per heavy atom. The molecule has 3 heteroatoms. The SMILES string of the molecule is CC(C)c1c(Br)cc(CCl)cc1Br. The standard InChI is InChI=1S/C10H11Br2Cl/c1-6(2)10-8(11)3-7(5-13)4-9(10)12/h3-4,6H,5H2,1-2H3. The molecule has 0 heterocycles. The van der Waals surface area contributed by atoms with E-state index < -0.39 is 0 Å². The molecule has 1 aromatic rings. The second kappa shape index (κ2) is 4.81. The van der Waals surface area contributed by atoms with Crippen LogP contribution in [0.4, 0.5) is 0 Å². The highest BCUT2D eigenvalue weighted by Gasteiger charge is 2.10. The molecule has 0 fully saturated rings. The Kier molecular flexibility index (Phi) is 4.27. The average molecular weight is 326 g/mol. The molecular weight excluding hydrogens is 315 g/mol. The largest absolute Gasteiger partial charge is 0.122 e. The molecule has 0 aliphatic rings. The molecule has 1 rings (SSSR count). The van der Waals surface area contributed by atoms with Gasteiger partial charge in [0, 0.05) is 14.8 Å². The molecule has 0 radical (unpaired) electrons. The van der Waals surface area contributed by atoms with Crippen molar-refractivity contribution in [2.45, 2.75) is 25.6 Å². The Balaban J connectivity index is 3.23. The fourth-order valence-corrected chi connectivity index (χ4v) is 3.62. The van der Waals surface area contributed by atoms with E-state index in [1.165, 1.54) is 5.56 Å². The summed E-state index contributed by atoms with van der Waals surface area (Å²) in [5, 5.41) is 0. The summed E-state index contributed by atoms with van der Waals surface area (Å²) >= 11 is 12.9. The fraction of sp³-hybridized carbons (Fsp3) is 0.400. The van der Waals surface area contributed by atoms with E-state index >= 15 is 0 Å². The quantitative estimate of drug-likeness (QED) is 0.665. The number of benzene rings is 1. The lowest BCUT2D eigenvalue weighted by atomic mass is 10.0. The summed E-state index contributed by atoms with van der Waals surface area (Å²) in [6.45, 7) is 4.34. The first-order valence-electron chi connectivity index (χ1n) is 4.10. The Morgan fingerprint density at radius 1 is 1.23 bits per heavy atom. The molecule has 0 aromatic heterocycles. The summed E-state index contributed by atoms with van der Waals surface area (Å²) in [6, 6.07) is 4.15. The Morgan fingerprint density at radius 2 is 1.69 bits per heavy atom. The molecule has 0 amide bonds. The van der Waals surface area contributed by atoms with Crippen molar-refractivity contribution in [2.75, 3.05) is 0 Å². The van der Waals surface area contributed by atoms with Crippen molar-refractivity contribution < 1.29 is 0 Å². The maximum absolute atomic E-state index is 5.76. The van der Waals surface area contributed by atoms with Crippen LogP contribution in [0.2, 0.25) is 0 Å². The lowest BCUT2D eigenvalue weighted by Crippen LogP contribution is -1.93. The highest BCUT2D eigenvalue weighted by Crippen LogP contribution is 2.33. The Labute approximate surface area is 101 Å². The molecule has 0 aliphatic heterocycles. The number of alkyl halides is 1. The van der Waals surface area contributed by atoms with Crippen molar-refractivity contribution >= 4 is 43.5 Å². The van der Waals surface area contributed by atoms with Crippen LogP contribution in [0.3, 0.4) is 0 Å². The van der Waals surface area contributed by atoms with Gasteiger partial charge in [0.05, 0.1) is 0 Å². The van der Waals surface area contributed by atoms with E-state index in [1.807, 2.05) is 0 Å². The van der Waals surface area contributed by atoms with Gasteiger partial charge >= 0.3 is 0 Å². The maximum Gasteiger partial charge on any atom is 0.0474 e. The first-order valence-corrected chi connectivity index (χ1v) is 6.22. The molecular formula is C10H11Br2Cl. The van der Waals surface area contributed by atoms with Gasteiger partial charge in [-0.15, -0.1) is 11.6 Å². The van der Waals surface area contributed by atoms with Gasteiger partial charge < -0.3 is 0 Å². The zero-order valence-corrected chi connectivity index (χ0v) is 11.5. The summed E-state index contributed by atoms with van der Waals surface area (Å²) in [5.74, 6) is 1.06. The van der Waals surface area contributed by atoms with Gasteiger partial charge in [-0.1, -0.05) is 45.7 Å². The van der Waals surface area contributed by atoms with Gasteiger partial charge in [0.15, 0.2) is 0 Å². The van der Waals surface area contributed by atoms with Crippen LogP contribution in [0.25, 0.3) is 0 Å². The van der Waals surface area contributed by atoms with E-state index in [0.29, 0.717) is 11.8 Å². The molecule has 1 aromatic carbocycles. The predicted molar refractivity (Wildman–Crippen MR) is 65.5 cm³/mol. The van der Waals surface area contributed by atoms with E-state index in [4.69, 9.17) is 11.6 Å². The molecule has 0 atom stereocenters. The zero-order chi connectivity index (χ0) is 10.0. The molecule has 0 N–H and O–H groups in total. The molecule has 0 saturated carbocycles. The predicted octanol–water partition coefficient (Wildman–Crippen LogP) is 5.07. The molecule has 0 aliphatic carbocycles. The molecule has 0 bridgehead atoms. The van der Waals surface area contributed by atoms with E-state index in [-0.39, 0.29) is 0 Å². The summed E-state index contributed by atoms with van der Waals surface area (Å²) in [6.07, 6.45) is 0. The summed E-state index contributed by atoms with van der Waals surface area (Å²) in [5.41, 5.74) is 2.43. The lowest BCUT2D eigenvalue weighted by molar-refractivity contribution is 0.853. The smallest absolute Gasteiger partial charge is 0.0474 e. The van der Waals surface area contributed by atoms with Crippen molar-refractivity contribution in [2.24, 2.45) is 0 Å². The van der Waals surface area contributed by atoms with Crippen molar-refractivity contribution in [3.05, 3.63) is 32.2 Å². The van der Waals surface area contributed by atoms with Crippen molar-refractivity contribution in [1.29, 1.82) is 0 Å². The minimum Gasteiger partial charge on any atom is -0.122 e. The van der Waals surface area contributed by atoms with Crippen molar-refractivity contribution in [3.63, 3.8) is 0 Å². The Bertz CT molecular complexity index is 285. The van der Waals surface area contributed by atoms with E-state index in [9.17, 15) is 0 Å². The van der Waals surface area contributed by atoms with Gasteiger partial charge in [0.25, 0.3) is 0 Å². The van der Waals surface area contributed by atoms with Crippen LogP contribution in [0.1, 0.15) is 30.9 Å². The molecule has 0 saturated heterocycles. The molecule has 0 unspecified atom stereocenters. The third-order valence-electron chi connectivity index (χ3n) is 1.87. The normalized spacial score (nSPS) is 10.9. The Hall–Kier alpha value is 0.470. The highest BCUT2D eigenvalue weighted by atomic mass is 79.9. The summed E-state index contributed by atoms with van der Waals surface area (Å²) < 4.78 is 2.26. The van der Waals surface area contributed by atoms with Crippen molar-refractivity contribution in [1.82, 2.24) is 0 Å². The van der Waals surface area contributed by atoms with E-state index in [2.05, 4.69) is 57.8 Å².